The van der Waals surface area contributed by atoms with Crippen LogP contribution in [0.4, 0.5) is 5.13 Å². The average molecular weight is 429 g/mol. The molecule has 0 saturated heterocycles. The van der Waals surface area contributed by atoms with Crippen LogP contribution in [0.25, 0.3) is 11.3 Å². The van der Waals surface area contributed by atoms with Crippen molar-refractivity contribution >= 4 is 39.9 Å². The maximum atomic E-state index is 13.2. The smallest absolute Gasteiger partial charge is 0.304 e. The number of anilines is 1. The van der Waals surface area contributed by atoms with Crippen LogP contribution in [0.3, 0.4) is 0 Å². The Bertz CT molecular complexity index is 990. The van der Waals surface area contributed by atoms with E-state index >= 15 is 0 Å². The first-order valence-corrected chi connectivity index (χ1v) is 10.5. The molecule has 3 rings (SSSR count). The van der Waals surface area contributed by atoms with Crippen LogP contribution in [0.5, 0.6) is 0 Å². The fourth-order valence-electron chi connectivity index (χ4n) is 3.14. The lowest BCUT2D eigenvalue weighted by molar-refractivity contribution is -0.140. The van der Waals surface area contributed by atoms with Gasteiger partial charge in [0.2, 0.25) is 5.91 Å². The van der Waals surface area contributed by atoms with E-state index < -0.39 is 11.9 Å². The van der Waals surface area contributed by atoms with Gasteiger partial charge < -0.3 is 5.11 Å². The fraction of sp³-hybridized carbons (Fsp3) is 0.227. The molecule has 1 aromatic heterocycles. The molecule has 1 heterocycles. The summed E-state index contributed by atoms with van der Waals surface area (Å²) in [6, 6.07) is 16.9. The summed E-state index contributed by atoms with van der Waals surface area (Å²) in [4.78, 5) is 30.8. The summed E-state index contributed by atoms with van der Waals surface area (Å²) in [6.07, 6.45) is 0.137. The van der Waals surface area contributed by atoms with Crippen LogP contribution in [0.2, 0.25) is 5.02 Å². The number of thiazole rings is 1. The Morgan fingerprint density at radius 3 is 2.48 bits per heavy atom. The summed E-state index contributed by atoms with van der Waals surface area (Å²) >= 11 is 7.61. The molecule has 0 radical (unpaired) electrons. The number of carbonyl (C=O) groups excluding carboxylic acids is 1. The van der Waals surface area contributed by atoms with Crippen LogP contribution < -0.4 is 4.90 Å². The van der Waals surface area contributed by atoms with E-state index in [1.54, 1.807) is 11.0 Å². The van der Waals surface area contributed by atoms with Crippen LogP contribution in [0, 0.1) is 5.92 Å². The molecule has 0 saturated carbocycles. The van der Waals surface area contributed by atoms with Crippen molar-refractivity contribution in [3.05, 3.63) is 70.6 Å². The zero-order valence-corrected chi connectivity index (χ0v) is 17.5. The highest BCUT2D eigenvalue weighted by molar-refractivity contribution is 7.14. The normalized spacial score (nSPS) is 11.8. The average Bonchev–Trinajstić information content (AvgIpc) is 3.18. The van der Waals surface area contributed by atoms with Crippen molar-refractivity contribution in [3.63, 3.8) is 0 Å². The number of aliphatic carboxylic acids is 1. The summed E-state index contributed by atoms with van der Waals surface area (Å²) < 4.78 is 0. The number of aromatic nitrogens is 1. The third-order valence-corrected chi connectivity index (χ3v) is 5.74. The van der Waals surface area contributed by atoms with Crippen molar-refractivity contribution < 1.29 is 14.7 Å². The molecule has 0 spiro atoms. The molecule has 150 valence electrons. The quantitative estimate of drug-likeness (QED) is 0.538. The second kappa shape index (κ2) is 9.67. The van der Waals surface area contributed by atoms with Crippen molar-refractivity contribution in [3.8, 4) is 11.3 Å². The molecule has 2 aromatic carbocycles. The molecular formula is C22H21ClN2O3S. The van der Waals surface area contributed by atoms with E-state index in [4.69, 9.17) is 11.6 Å². The highest BCUT2D eigenvalue weighted by atomic mass is 35.5. The highest BCUT2D eigenvalue weighted by Crippen LogP contribution is 2.32. The Labute approximate surface area is 178 Å². The van der Waals surface area contributed by atoms with Gasteiger partial charge in [-0.05, 0) is 25.0 Å². The van der Waals surface area contributed by atoms with E-state index in [2.05, 4.69) is 4.98 Å². The summed E-state index contributed by atoms with van der Waals surface area (Å²) in [5.74, 6) is -1.90. The van der Waals surface area contributed by atoms with Crippen molar-refractivity contribution in [2.24, 2.45) is 5.92 Å². The molecule has 0 aliphatic rings. The molecule has 5 nitrogen and oxygen atoms in total. The van der Waals surface area contributed by atoms with Gasteiger partial charge in [0, 0.05) is 22.5 Å². The predicted octanol–water partition coefficient (Wildman–Crippen LogP) is 5.15. The van der Waals surface area contributed by atoms with E-state index in [0.29, 0.717) is 28.8 Å². The van der Waals surface area contributed by atoms with Gasteiger partial charge in [-0.25, -0.2) is 4.98 Å². The van der Waals surface area contributed by atoms with Gasteiger partial charge in [-0.1, -0.05) is 60.1 Å². The van der Waals surface area contributed by atoms with E-state index in [-0.39, 0.29) is 12.3 Å². The SMILES string of the molecule is CCN(C(=O)[C@@H](CC(=O)O)Cc1ccccc1)c1nc(-c2ccccc2Cl)cs1. The first-order chi connectivity index (χ1) is 14.0. The minimum Gasteiger partial charge on any atom is -0.481 e. The Hall–Kier alpha value is -2.70. The number of nitrogens with zero attached hydrogens (tertiary/aromatic N) is 2. The van der Waals surface area contributed by atoms with Gasteiger partial charge in [0.25, 0.3) is 0 Å². The predicted molar refractivity (Wildman–Crippen MR) is 116 cm³/mol. The van der Waals surface area contributed by atoms with E-state index in [9.17, 15) is 14.7 Å². The van der Waals surface area contributed by atoms with Gasteiger partial charge in [0.05, 0.1) is 18.0 Å². The number of carboxylic acids is 1. The van der Waals surface area contributed by atoms with Gasteiger partial charge in [-0.2, -0.15) is 0 Å². The van der Waals surface area contributed by atoms with Crippen LogP contribution >= 0.6 is 22.9 Å². The summed E-state index contributed by atoms with van der Waals surface area (Å²) in [5, 5.41) is 12.3. The highest BCUT2D eigenvalue weighted by Gasteiger charge is 2.28. The second-order valence-corrected chi connectivity index (χ2v) is 7.81. The minimum absolute atomic E-state index is 0.229. The lowest BCUT2D eigenvalue weighted by Crippen LogP contribution is -2.38. The third-order valence-electron chi connectivity index (χ3n) is 4.55. The molecule has 1 atom stereocenters. The molecule has 0 aliphatic heterocycles. The number of rotatable bonds is 8. The van der Waals surface area contributed by atoms with Gasteiger partial charge in [0.1, 0.15) is 0 Å². The molecule has 0 unspecified atom stereocenters. The number of hydrogen-bond acceptors (Lipinski definition) is 4. The number of benzene rings is 2. The maximum absolute atomic E-state index is 13.2. The summed E-state index contributed by atoms with van der Waals surface area (Å²) in [7, 11) is 0. The van der Waals surface area contributed by atoms with E-state index in [1.165, 1.54) is 11.3 Å². The second-order valence-electron chi connectivity index (χ2n) is 6.56. The molecule has 29 heavy (non-hydrogen) atoms. The van der Waals surface area contributed by atoms with Gasteiger partial charge in [-0.3, -0.25) is 14.5 Å². The molecular weight excluding hydrogens is 408 g/mol. The summed E-state index contributed by atoms with van der Waals surface area (Å²) in [6.45, 7) is 2.26. The van der Waals surface area contributed by atoms with Crippen LogP contribution in [0.15, 0.2) is 60.0 Å². The van der Waals surface area contributed by atoms with Crippen molar-refractivity contribution in [1.29, 1.82) is 0 Å². The van der Waals surface area contributed by atoms with Crippen LogP contribution in [-0.2, 0) is 16.0 Å². The Morgan fingerprint density at radius 2 is 1.83 bits per heavy atom. The lowest BCUT2D eigenvalue weighted by atomic mass is 9.95. The van der Waals surface area contributed by atoms with Crippen molar-refractivity contribution in [1.82, 2.24) is 4.98 Å². The Morgan fingerprint density at radius 1 is 1.14 bits per heavy atom. The number of hydrogen-bond donors (Lipinski definition) is 1. The number of halogens is 1. The molecule has 7 heteroatoms. The number of carbonyl (C=O) groups is 2. The van der Waals surface area contributed by atoms with Crippen molar-refractivity contribution in [2.45, 2.75) is 19.8 Å². The Balaban J connectivity index is 1.86. The van der Waals surface area contributed by atoms with Gasteiger partial charge in [0.15, 0.2) is 5.13 Å². The fourth-order valence-corrected chi connectivity index (χ4v) is 4.27. The molecule has 0 bridgehead atoms. The molecule has 1 amide bonds. The van der Waals surface area contributed by atoms with E-state index in [1.807, 2.05) is 60.8 Å². The first kappa shape index (κ1) is 21.0. The monoisotopic (exact) mass is 428 g/mol. The van der Waals surface area contributed by atoms with Crippen LogP contribution in [0.1, 0.15) is 18.9 Å². The zero-order valence-electron chi connectivity index (χ0n) is 15.9. The molecule has 0 aliphatic carbocycles. The maximum Gasteiger partial charge on any atom is 0.304 e. The van der Waals surface area contributed by atoms with Gasteiger partial charge >= 0.3 is 5.97 Å². The topological polar surface area (TPSA) is 70.5 Å². The van der Waals surface area contributed by atoms with Crippen molar-refractivity contribution in [2.75, 3.05) is 11.4 Å². The zero-order chi connectivity index (χ0) is 20.8. The van der Waals surface area contributed by atoms with Gasteiger partial charge in [-0.15, -0.1) is 11.3 Å². The lowest BCUT2D eigenvalue weighted by Gasteiger charge is -2.23. The standard InChI is InChI=1S/C22H21ClN2O3S/c1-2-25(22-24-19(14-29-22)17-10-6-7-11-18(17)23)21(28)16(13-20(26)27)12-15-8-4-3-5-9-15/h3-11,14,16H,2,12-13H2,1H3,(H,26,27)/t16-/m1/s1. The van der Waals surface area contributed by atoms with Crippen LogP contribution in [-0.4, -0.2) is 28.5 Å². The number of carboxylic acid groups (broad SMARTS) is 1. The minimum atomic E-state index is -0.994. The molecule has 0 fully saturated rings. The van der Waals surface area contributed by atoms with E-state index in [0.717, 1.165) is 11.1 Å². The largest absolute Gasteiger partial charge is 0.481 e. The number of amides is 1. The first-order valence-electron chi connectivity index (χ1n) is 9.27. The third kappa shape index (κ3) is 5.22. The molecule has 3 aromatic rings. The summed E-state index contributed by atoms with van der Waals surface area (Å²) in [5.41, 5.74) is 2.42. The Kier molecular flexibility index (Phi) is 7.01. The molecule has 1 N–H and O–H groups in total.